The van der Waals surface area contributed by atoms with Gasteiger partial charge in [-0.1, -0.05) is 104 Å². The fourth-order valence-electron chi connectivity index (χ4n) is 6.27. The Morgan fingerprint density at radius 2 is 1.60 bits per heavy atom. The van der Waals surface area contributed by atoms with E-state index in [1.807, 2.05) is 78.9 Å². The molecule has 1 N–H and O–H groups in total. The first-order valence-electron chi connectivity index (χ1n) is 14.7. The molecule has 3 amide bonds. The summed E-state index contributed by atoms with van der Waals surface area (Å²) < 4.78 is 0. The third kappa shape index (κ3) is 5.77. The van der Waals surface area contributed by atoms with Crippen molar-refractivity contribution in [1.29, 1.82) is 0 Å². The summed E-state index contributed by atoms with van der Waals surface area (Å²) in [5.41, 5.74) is 3.00. The quantitative estimate of drug-likeness (QED) is 0.245. The van der Waals surface area contributed by atoms with Crippen LogP contribution in [0.4, 0.5) is 5.69 Å². The lowest BCUT2D eigenvalue weighted by atomic mass is 9.94. The van der Waals surface area contributed by atoms with Gasteiger partial charge in [-0.05, 0) is 47.6 Å². The average molecular weight is 580 g/mol. The van der Waals surface area contributed by atoms with Crippen LogP contribution in [-0.2, 0) is 22.6 Å². The van der Waals surface area contributed by atoms with E-state index in [2.05, 4.69) is 5.32 Å². The van der Waals surface area contributed by atoms with E-state index in [1.165, 1.54) is 11.3 Å². The van der Waals surface area contributed by atoms with Crippen molar-refractivity contribution in [2.24, 2.45) is 0 Å². The molecule has 6 rings (SSSR count). The van der Waals surface area contributed by atoms with Crippen LogP contribution in [0.15, 0.2) is 91.0 Å². The summed E-state index contributed by atoms with van der Waals surface area (Å²) in [6.45, 7) is -0.0354. The van der Waals surface area contributed by atoms with E-state index in [4.69, 9.17) is 11.6 Å². The molecule has 0 bridgehead atoms. The van der Waals surface area contributed by atoms with Crippen LogP contribution in [0, 0.1) is 0 Å². The molecule has 4 aromatic rings. The normalized spacial score (nSPS) is 15.5. The second kappa shape index (κ2) is 12.4. The van der Waals surface area contributed by atoms with Gasteiger partial charge in [0.2, 0.25) is 11.8 Å². The summed E-state index contributed by atoms with van der Waals surface area (Å²) in [6, 6.07) is 27.8. The predicted octanol–water partition coefficient (Wildman–Crippen LogP) is 6.54. The van der Waals surface area contributed by atoms with E-state index >= 15 is 0 Å². The number of nitrogens with one attached hydrogen (secondary N) is 1. The van der Waals surface area contributed by atoms with Gasteiger partial charge in [0.1, 0.15) is 12.6 Å². The highest BCUT2D eigenvalue weighted by molar-refractivity contribution is 6.31. The summed E-state index contributed by atoms with van der Waals surface area (Å²) in [5, 5.41) is 5.59. The summed E-state index contributed by atoms with van der Waals surface area (Å²) in [7, 11) is 0. The Hall–Kier alpha value is -4.16. The van der Waals surface area contributed by atoms with Crippen LogP contribution in [-0.4, -0.2) is 41.2 Å². The van der Waals surface area contributed by atoms with Crippen molar-refractivity contribution in [3.05, 3.63) is 113 Å². The van der Waals surface area contributed by atoms with Gasteiger partial charge in [0.15, 0.2) is 0 Å². The molecule has 7 heteroatoms. The van der Waals surface area contributed by atoms with Gasteiger partial charge in [0, 0.05) is 35.0 Å². The number of amides is 3. The highest BCUT2D eigenvalue weighted by atomic mass is 35.5. The Morgan fingerprint density at radius 1 is 0.881 bits per heavy atom. The van der Waals surface area contributed by atoms with E-state index in [0.29, 0.717) is 22.7 Å². The van der Waals surface area contributed by atoms with Gasteiger partial charge in [-0.15, -0.1) is 0 Å². The van der Waals surface area contributed by atoms with Gasteiger partial charge >= 0.3 is 0 Å². The lowest BCUT2D eigenvalue weighted by Gasteiger charge is -2.34. The van der Waals surface area contributed by atoms with Crippen molar-refractivity contribution in [2.75, 3.05) is 11.4 Å². The lowest BCUT2D eigenvalue weighted by Crippen LogP contribution is -2.54. The largest absolute Gasteiger partial charge is 0.352 e. The molecule has 1 unspecified atom stereocenters. The molecule has 214 valence electrons. The van der Waals surface area contributed by atoms with Gasteiger partial charge < -0.3 is 10.2 Å². The number of carbonyl (C=O) groups is 3. The lowest BCUT2D eigenvalue weighted by molar-refractivity contribution is -0.140. The standard InChI is InChI=1S/C35H34ClN3O3/c36-29-19-8-7-13-26(29)22-38(31(21-24-11-3-1-4-12-24)34(41)37-27-16-5-2-6-17-27)32(40)23-39-30-20-10-15-25-14-9-18-28(33(25)30)35(39)42/h1,3-4,7-15,18-20,27,31H,2,5-6,16-17,21-23H2,(H,37,41). The molecular formula is C35H34ClN3O3. The summed E-state index contributed by atoms with van der Waals surface area (Å²) >= 11 is 6.58. The van der Waals surface area contributed by atoms with E-state index in [-0.39, 0.29) is 36.9 Å². The molecule has 0 saturated heterocycles. The van der Waals surface area contributed by atoms with Crippen LogP contribution in [0.2, 0.25) is 5.02 Å². The molecule has 6 nitrogen and oxygen atoms in total. The average Bonchev–Trinajstić information content (AvgIpc) is 3.28. The van der Waals surface area contributed by atoms with Crippen LogP contribution < -0.4 is 10.2 Å². The smallest absolute Gasteiger partial charge is 0.259 e. The van der Waals surface area contributed by atoms with Crippen LogP contribution in [0.5, 0.6) is 0 Å². The summed E-state index contributed by atoms with van der Waals surface area (Å²) in [6.07, 6.45) is 5.56. The molecule has 1 saturated carbocycles. The van der Waals surface area contributed by atoms with Gasteiger partial charge in [0.25, 0.3) is 5.91 Å². The number of carbonyl (C=O) groups excluding carboxylic acids is 3. The fraction of sp³-hybridized carbons (Fsp3) is 0.286. The third-order valence-corrected chi connectivity index (χ3v) is 8.83. The van der Waals surface area contributed by atoms with E-state index in [0.717, 1.165) is 47.6 Å². The monoisotopic (exact) mass is 579 g/mol. The summed E-state index contributed by atoms with van der Waals surface area (Å²) in [4.78, 5) is 45.1. The highest BCUT2D eigenvalue weighted by Gasteiger charge is 2.36. The molecule has 1 aliphatic carbocycles. The van der Waals surface area contributed by atoms with Crippen LogP contribution >= 0.6 is 11.6 Å². The SMILES string of the molecule is O=C(NC1CCCCC1)C(Cc1ccccc1)N(Cc1ccccc1Cl)C(=O)CN1C(=O)c2cccc3cccc1c23. The molecular weight excluding hydrogens is 546 g/mol. The Labute approximate surface area is 251 Å². The zero-order valence-electron chi connectivity index (χ0n) is 23.5. The number of benzene rings is 4. The van der Waals surface area contributed by atoms with Crippen molar-refractivity contribution in [2.45, 2.75) is 57.2 Å². The van der Waals surface area contributed by atoms with E-state index < -0.39 is 6.04 Å². The maximum Gasteiger partial charge on any atom is 0.259 e. The van der Waals surface area contributed by atoms with Crippen LogP contribution in [0.3, 0.4) is 0 Å². The minimum atomic E-state index is -0.783. The minimum Gasteiger partial charge on any atom is -0.352 e. The molecule has 4 aromatic carbocycles. The first-order valence-corrected chi connectivity index (χ1v) is 15.1. The summed E-state index contributed by atoms with van der Waals surface area (Å²) in [5.74, 6) is -0.698. The molecule has 1 atom stereocenters. The van der Waals surface area contributed by atoms with Gasteiger partial charge in [-0.3, -0.25) is 19.3 Å². The van der Waals surface area contributed by atoms with Gasteiger partial charge in [-0.2, -0.15) is 0 Å². The van der Waals surface area contributed by atoms with Crippen molar-refractivity contribution >= 4 is 45.8 Å². The first-order chi connectivity index (χ1) is 20.5. The maximum atomic E-state index is 14.4. The Bertz CT molecular complexity index is 1610. The van der Waals surface area contributed by atoms with E-state index in [9.17, 15) is 14.4 Å². The topological polar surface area (TPSA) is 69.7 Å². The molecule has 1 heterocycles. The first kappa shape index (κ1) is 28.0. The van der Waals surface area contributed by atoms with Crippen LogP contribution in [0.25, 0.3) is 10.8 Å². The molecule has 0 radical (unpaired) electrons. The van der Waals surface area contributed by atoms with Crippen molar-refractivity contribution in [3.63, 3.8) is 0 Å². The van der Waals surface area contributed by atoms with Crippen molar-refractivity contribution in [1.82, 2.24) is 10.2 Å². The Balaban J connectivity index is 1.35. The second-order valence-electron chi connectivity index (χ2n) is 11.2. The number of hydrogen-bond donors (Lipinski definition) is 1. The van der Waals surface area contributed by atoms with Gasteiger partial charge in [0.05, 0.1) is 5.69 Å². The molecule has 42 heavy (non-hydrogen) atoms. The third-order valence-electron chi connectivity index (χ3n) is 8.46. The Kier molecular flexibility index (Phi) is 8.24. The Morgan fingerprint density at radius 3 is 2.36 bits per heavy atom. The van der Waals surface area contributed by atoms with E-state index in [1.54, 1.807) is 17.0 Å². The van der Waals surface area contributed by atoms with Crippen molar-refractivity contribution < 1.29 is 14.4 Å². The molecule has 1 aliphatic heterocycles. The number of nitrogens with zero attached hydrogens (tertiary/aromatic N) is 2. The number of anilines is 1. The van der Waals surface area contributed by atoms with Crippen molar-refractivity contribution in [3.8, 4) is 0 Å². The van der Waals surface area contributed by atoms with Crippen LogP contribution in [0.1, 0.15) is 53.6 Å². The predicted molar refractivity (Wildman–Crippen MR) is 167 cm³/mol. The van der Waals surface area contributed by atoms with Gasteiger partial charge in [-0.25, -0.2) is 0 Å². The zero-order valence-corrected chi connectivity index (χ0v) is 24.2. The molecule has 1 fully saturated rings. The molecule has 2 aliphatic rings. The molecule has 0 spiro atoms. The fourth-order valence-corrected chi connectivity index (χ4v) is 6.47. The number of rotatable bonds is 9. The highest BCUT2D eigenvalue weighted by Crippen LogP contribution is 2.37. The number of hydrogen-bond acceptors (Lipinski definition) is 3. The second-order valence-corrected chi connectivity index (χ2v) is 11.6. The number of halogens is 1. The minimum absolute atomic E-state index is 0.0917. The maximum absolute atomic E-state index is 14.4. The molecule has 0 aromatic heterocycles. The zero-order chi connectivity index (χ0) is 29.1.